The van der Waals surface area contributed by atoms with Gasteiger partial charge < -0.3 is 9.64 Å². The molecule has 3 heterocycles. The zero-order valence-electron chi connectivity index (χ0n) is 19.7. The van der Waals surface area contributed by atoms with Gasteiger partial charge in [0.25, 0.3) is 5.91 Å². The second kappa shape index (κ2) is 11.2. The van der Waals surface area contributed by atoms with Crippen LogP contribution in [-0.2, 0) is 15.7 Å². The van der Waals surface area contributed by atoms with Crippen molar-refractivity contribution >= 4 is 45.8 Å². The first-order valence-corrected chi connectivity index (χ1v) is 12.6. The first-order valence-electron chi connectivity index (χ1n) is 11.4. The zero-order valence-corrected chi connectivity index (χ0v) is 21.3. The maximum absolute atomic E-state index is 14.5. The summed E-state index contributed by atoms with van der Waals surface area (Å²) in [6.45, 7) is 3.10. The molecule has 3 aromatic rings. The number of thiazole rings is 1. The Labute approximate surface area is 222 Å². The van der Waals surface area contributed by atoms with Crippen molar-refractivity contribution in [1.82, 2.24) is 9.97 Å². The topological polar surface area (TPSA) is 84.4 Å². The number of anilines is 2. The van der Waals surface area contributed by atoms with Gasteiger partial charge in [-0.25, -0.2) is 14.4 Å². The van der Waals surface area contributed by atoms with Crippen molar-refractivity contribution in [3.05, 3.63) is 57.6 Å². The van der Waals surface area contributed by atoms with Crippen molar-refractivity contribution < 1.29 is 36.3 Å². The van der Waals surface area contributed by atoms with Gasteiger partial charge in [0.15, 0.2) is 5.13 Å². The number of hydrogen-bond donors (Lipinski definition) is 1. The van der Waals surface area contributed by atoms with Crippen LogP contribution in [0.25, 0.3) is 11.3 Å². The Morgan fingerprint density at radius 1 is 1.21 bits per heavy atom. The summed E-state index contributed by atoms with van der Waals surface area (Å²) in [4.78, 5) is 34.6. The van der Waals surface area contributed by atoms with Crippen LogP contribution in [0.5, 0.6) is 0 Å². The molecule has 0 radical (unpaired) electrons. The van der Waals surface area contributed by atoms with E-state index >= 15 is 0 Å². The molecule has 1 N–H and O–H groups in total. The van der Waals surface area contributed by atoms with Gasteiger partial charge in [-0.2, -0.15) is 17.6 Å². The van der Waals surface area contributed by atoms with Crippen molar-refractivity contribution in [2.24, 2.45) is 5.92 Å². The Morgan fingerprint density at radius 2 is 1.92 bits per heavy atom. The average Bonchev–Trinajstić information content (AvgIpc) is 3.23. The number of carbonyl (C=O) groups is 2. The third-order valence-corrected chi connectivity index (χ3v) is 6.89. The molecule has 0 bridgehead atoms. The molecule has 0 aliphatic carbocycles. The van der Waals surface area contributed by atoms with Crippen molar-refractivity contribution in [2.45, 2.75) is 25.9 Å². The Hall–Kier alpha value is -3.32. The third-order valence-electron chi connectivity index (χ3n) is 5.85. The van der Waals surface area contributed by atoms with Crippen LogP contribution < -0.4 is 10.2 Å². The number of nitrogens with zero attached hydrogens (tertiary/aromatic N) is 3. The van der Waals surface area contributed by atoms with E-state index in [4.69, 9.17) is 16.3 Å². The summed E-state index contributed by atoms with van der Waals surface area (Å²) in [5.41, 5.74) is -2.28. The summed E-state index contributed by atoms with van der Waals surface area (Å²) in [7, 11) is 0. The maximum Gasteiger partial charge on any atom is 0.419 e. The summed E-state index contributed by atoms with van der Waals surface area (Å²) >= 11 is 6.76. The number of alkyl halides is 3. The van der Waals surface area contributed by atoms with Crippen molar-refractivity contribution in [1.29, 1.82) is 0 Å². The van der Waals surface area contributed by atoms with Gasteiger partial charge in [-0.05, 0) is 44.0 Å². The average molecular weight is 575 g/mol. The van der Waals surface area contributed by atoms with Gasteiger partial charge >= 0.3 is 12.1 Å². The largest absolute Gasteiger partial charge is 0.466 e. The Balaban J connectivity index is 1.45. The fraction of sp³-hybridized carbons (Fsp3) is 0.333. The van der Waals surface area contributed by atoms with Crippen LogP contribution in [0.3, 0.4) is 0 Å². The minimum absolute atomic E-state index is 0.0402. The predicted molar refractivity (Wildman–Crippen MR) is 131 cm³/mol. The standard InChI is InChI=1S/C24H20ClF5N4O3S/c1-2-37-22(36)12-5-7-34(8-6-12)20-16(25)10-14(11-31-20)21(35)33-23-32-18(19(27)38-23)13-3-4-17(26)15(9-13)24(28,29)30/h3-4,9-12H,2,5-8H2,1H3,(H,32,33,35). The first-order chi connectivity index (χ1) is 18.0. The number of esters is 1. The number of aromatic nitrogens is 2. The van der Waals surface area contributed by atoms with Crippen LogP contribution in [0.4, 0.5) is 32.9 Å². The number of carbonyl (C=O) groups excluding carboxylic acids is 2. The van der Waals surface area contributed by atoms with E-state index in [1.807, 2.05) is 4.90 Å². The molecule has 2 aromatic heterocycles. The highest BCUT2D eigenvalue weighted by atomic mass is 35.5. The van der Waals surface area contributed by atoms with Gasteiger partial charge in [0.1, 0.15) is 17.3 Å². The second-order valence-corrected chi connectivity index (χ2v) is 9.69. The van der Waals surface area contributed by atoms with Crippen LogP contribution in [0.15, 0.2) is 30.5 Å². The van der Waals surface area contributed by atoms with Crippen LogP contribution in [0.1, 0.15) is 35.7 Å². The highest BCUT2D eigenvalue weighted by Gasteiger charge is 2.35. The van der Waals surface area contributed by atoms with Crippen LogP contribution in [0, 0.1) is 16.9 Å². The van der Waals surface area contributed by atoms with Gasteiger partial charge in [-0.15, -0.1) is 0 Å². The molecule has 0 spiro atoms. The quantitative estimate of drug-likeness (QED) is 0.279. The number of nitrogens with one attached hydrogen (secondary N) is 1. The molecule has 0 atom stereocenters. The normalized spacial score (nSPS) is 14.4. The van der Waals surface area contributed by atoms with Gasteiger partial charge in [0, 0.05) is 24.8 Å². The molecule has 0 saturated carbocycles. The minimum atomic E-state index is -4.97. The van der Waals surface area contributed by atoms with E-state index < -0.39 is 34.3 Å². The van der Waals surface area contributed by atoms with E-state index in [-0.39, 0.29) is 33.2 Å². The number of rotatable bonds is 6. The molecule has 4 rings (SSSR count). The van der Waals surface area contributed by atoms with E-state index in [0.717, 1.165) is 6.07 Å². The smallest absolute Gasteiger partial charge is 0.419 e. The Morgan fingerprint density at radius 3 is 2.55 bits per heavy atom. The maximum atomic E-state index is 14.5. The minimum Gasteiger partial charge on any atom is -0.466 e. The number of pyridine rings is 1. The van der Waals surface area contributed by atoms with Gasteiger partial charge in [-0.1, -0.05) is 22.9 Å². The predicted octanol–water partition coefficient (Wildman–Crippen LogP) is 6.19. The number of hydrogen-bond acceptors (Lipinski definition) is 7. The molecular weight excluding hydrogens is 555 g/mol. The zero-order chi connectivity index (χ0) is 27.6. The second-order valence-electron chi connectivity index (χ2n) is 8.33. The number of halogens is 6. The fourth-order valence-corrected chi connectivity index (χ4v) is 4.96. The van der Waals surface area contributed by atoms with E-state index in [2.05, 4.69) is 15.3 Å². The van der Waals surface area contributed by atoms with Crippen LogP contribution >= 0.6 is 22.9 Å². The van der Waals surface area contributed by atoms with Crippen molar-refractivity contribution in [3.8, 4) is 11.3 Å². The number of benzene rings is 1. The highest BCUT2D eigenvalue weighted by Crippen LogP contribution is 2.36. The molecular formula is C24H20ClF5N4O3S. The van der Waals surface area contributed by atoms with Gasteiger partial charge in [0.2, 0.25) is 5.13 Å². The lowest BCUT2D eigenvalue weighted by Crippen LogP contribution is -2.37. The van der Waals surface area contributed by atoms with E-state index in [1.165, 1.54) is 12.3 Å². The first kappa shape index (κ1) is 27.7. The summed E-state index contributed by atoms with van der Waals surface area (Å²) < 4.78 is 72.2. The molecule has 1 amide bonds. The Bertz CT molecular complexity index is 1360. The molecule has 7 nitrogen and oxygen atoms in total. The molecule has 1 aliphatic heterocycles. The molecule has 0 unspecified atom stereocenters. The van der Waals surface area contributed by atoms with Crippen LogP contribution in [0.2, 0.25) is 5.02 Å². The molecule has 1 fully saturated rings. The molecule has 202 valence electrons. The lowest BCUT2D eigenvalue weighted by Gasteiger charge is -2.32. The number of piperidine rings is 1. The van der Waals surface area contributed by atoms with Gasteiger partial charge in [-0.3, -0.25) is 14.9 Å². The third kappa shape index (κ3) is 6.04. The van der Waals surface area contributed by atoms with E-state index in [0.29, 0.717) is 61.8 Å². The summed E-state index contributed by atoms with van der Waals surface area (Å²) in [6.07, 6.45) is -2.57. The van der Waals surface area contributed by atoms with Crippen LogP contribution in [-0.4, -0.2) is 41.5 Å². The fourth-order valence-electron chi connectivity index (χ4n) is 3.97. The molecule has 38 heavy (non-hydrogen) atoms. The number of amides is 1. The number of ether oxygens (including phenoxy) is 1. The SMILES string of the molecule is CCOC(=O)C1CCN(c2ncc(C(=O)Nc3nc(-c4ccc(F)c(C(F)(F)F)c4)c(F)s3)cc2Cl)CC1. The summed E-state index contributed by atoms with van der Waals surface area (Å²) in [5, 5.41) is 1.37. The molecule has 1 aromatic carbocycles. The lowest BCUT2D eigenvalue weighted by molar-refractivity contribution is -0.148. The monoisotopic (exact) mass is 574 g/mol. The lowest BCUT2D eigenvalue weighted by atomic mass is 9.97. The van der Waals surface area contributed by atoms with E-state index in [1.54, 1.807) is 6.92 Å². The van der Waals surface area contributed by atoms with E-state index in [9.17, 15) is 31.5 Å². The van der Waals surface area contributed by atoms with Crippen molar-refractivity contribution in [2.75, 3.05) is 29.9 Å². The molecule has 1 aliphatic rings. The van der Waals surface area contributed by atoms with Crippen molar-refractivity contribution in [3.63, 3.8) is 0 Å². The summed E-state index contributed by atoms with van der Waals surface area (Å²) in [6, 6.07) is 3.37. The Kier molecular flexibility index (Phi) is 8.16. The molecule has 1 saturated heterocycles. The molecule has 14 heteroatoms. The summed E-state index contributed by atoms with van der Waals surface area (Å²) in [5.74, 6) is -2.22. The van der Waals surface area contributed by atoms with Gasteiger partial charge in [0.05, 0.1) is 28.7 Å². The highest BCUT2D eigenvalue weighted by molar-refractivity contribution is 7.14.